The minimum atomic E-state index is -4.57. The van der Waals surface area contributed by atoms with Crippen molar-refractivity contribution >= 4 is 12.1 Å². The molecular formula is C31H28F3N5O6. The molecule has 0 bridgehead atoms. The summed E-state index contributed by atoms with van der Waals surface area (Å²) >= 11 is 0. The summed E-state index contributed by atoms with van der Waals surface area (Å²) in [5.74, 6) is -0.319. The van der Waals surface area contributed by atoms with E-state index >= 15 is 0 Å². The van der Waals surface area contributed by atoms with E-state index in [0.717, 1.165) is 28.7 Å². The van der Waals surface area contributed by atoms with Crippen LogP contribution in [0.3, 0.4) is 0 Å². The fourth-order valence-corrected chi connectivity index (χ4v) is 3.96. The smallest absolute Gasteiger partial charge is 0.497 e. The van der Waals surface area contributed by atoms with Crippen LogP contribution in [0.15, 0.2) is 66.9 Å². The van der Waals surface area contributed by atoms with Crippen molar-refractivity contribution in [1.29, 1.82) is 5.26 Å². The van der Waals surface area contributed by atoms with Crippen LogP contribution in [0.5, 0.6) is 5.75 Å². The molecule has 0 spiro atoms. The minimum Gasteiger partial charge on any atom is -0.497 e. The highest BCUT2D eigenvalue weighted by Gasteiger charge is 2.33. The van der Waals surface area contributed by atoms with Crippen LogP contribution >= 0.6 is 0 Å². The molecule has 2 aromatic heterocycles. The standard InChI is InChI=1S/C31H28F3N5O6/c1-19(45-29(41)44-18-30(2,3)28(40)43-17-20-8-6-5-7-9-20)39-37-26(16-35)27(38-39)22-12-21(13-24(14-22)42-4)25-15-23(10-11-36-25)31(32,33)34/h5-15,19H,17-18H2,1-4H3. The first-order valence-electron chi connectivity index (χ1n) is 13.5. The van der Waals surface area contributed by atoms with Gasteiger partial charge in [0.25, 0.3) is 0 Å². The highest BCUT2D eigenvalue weighted by Crippen LogP contribution is 2.35. The maximum atomic E-state index is 13.3. The van der Waals surface area contributed by atoms with Crippen LogP contribution in [0.25, 0.3) is 22.5 Å². The first kappa shape index (κ1) is 32.5. The number of halogens is 3. The second kappa shape index (κ2) is 13.5. The van der Waals surface area contributed by atoms with E-state index in [2.05, 4.69) is 15.2 Å². The lowest BCUT2D eigenvalue weighted by molar-refractivity contribution is -0.158. The van der Waals surface area contributed by atoms with Crippen molar-refractivity contribution in [2.45, 2.75) is 39.8 Å². The molecule has 1 atom stereocenters. The zero-order valence-electron chi connectivity index (χ0n) is 24.7. The van der Waals surface area contributed by atoms with Crippen molar-refractivity contribution in [3.8, 4) is 34.3 Å². The Balaban J connectivity index is 1.47. The third-order valence-electron chi connectivity index (χ3n) is 6.44. The fraction of sp³-hybridized carbons (Fsp3) is 0.290. The minimum absolute atomic E-state index is 0.0159. The Morgan fingerprint density at radius 2 is 1.71 bits per heavy atom. The Morgan fingerprint density at radius 3 is 2.38 bits per heavy atom. The molecule has 0 N–H and O–H groups in total. The summed E-state index contributed by atoms with van der Waals surface area (Å²) in [5, 5.41) is 18.1. The van der Waals surface area contributed by atoms with Gasteiger partial charge in [-0.25, -0.2) is 4.79 Å². The third-order valence-corrected chi connectivity index (χ3v) is 6.44. The lowest BCUT2D eigenvalue weighted by atomic mass is 9.95. The predicted octanol–water partition coefficient (Wildman–Crippen LogP) is 6.35. The maximum Gasteiger partial charge on any atom is 0.510 e. The largest absolute Gasteiger partial charge is 0.510 e. The Labute approximate surface area is 256 Å². The van der Waals surface area contributed by atoms with Gasteiger partial charge < -0.3 is 18.9 Å². The Bertz CT molecular complexity index is 1720. The molecule has 0 aliphatic carbocycles. The average Bonchev–Trinajstić information content (AvgIpc) is 3.47. The van der Waals surface area contributed by atoms with Gasteiger partial charge in [0.15, 0.2) is 5.69 Å². The normalized spacial score (nSPS) is 12.1. The van der Waals surface area contributed by atoms with Crippen LogP contribution in [0.1, 0.15) is 43.8 Å². The number of carbonyl (C=O) groups excluding carboxylic acids is 2. The van der Waals surface area contributed by atoms with Crippen molar-refractivity contribution in [2.75, 3.05) is 13.7 Å². The number of rotatable bonds is 10. The second-order valence-corrected chi connectivity index (χ2v) is 10.4. The number of pyridine rings is 1. The molecule has 4 rings (SSSR count). The number of alkyl halides is 3. The molecule has 45 heavy (non-hydrogen) atoms. The quantitative estimate of drug-likeness (QED) is 0.184. The number of hydrogen-bond acceptors (Lipinski definition) is 10. The molecule has 0 radical (unpaired) electrons. The molecule has 11 nitrogen and oxygen atoms in total. The van der Waals surface area contributed by atoms with Gasteiger partial charge in [-0.15, -0.1) is 15.0 Å². The van der Waals surface area contributed by atoms with E-state index in [9.17, 15) is 28.0 Å². The van der Waals surface area contributed by atoms with Crippen molar-refractivity contribution in [3.05, 3.63) is 83.7 Å². The van der Waals surface area contributed by atoms with E-state index in [1.54, 1.807) is 13.8 Å². The van der Waals surface area contributed by atoms with E-state index in [4.69, 9.17) is 18.9 Å². The SMILES string of the molecule is COc1cc(-c2cc(C(F)(F)F)ccn2)cc(-c2nn(C(C)OC(=O)OCC(C)(C)C(=O)OCc3ccccc3)nc2C#N)c1. The van der Waals surface area contributed by atoms with Crippen LogP contribution in [0, 0.1) is 16.7 Å². The van der Waals surface area contributed by atoms with E-state index in [1.807, 2.05) is 36.4 Å². The van der Waals surface area contributed by atoms with Gasteiger partial charge in [0, 0.05) is 17.3 Å². The number of aromatic nitrogens is 4. The fourth-order valence-electron chi connectivity index (χ4n) is 3.96. The molecule has 0 aliphatic heterocycles. The summed E-state index contributed by atoms with van der Waals surface area (Å²) in [7, 11) is 1.37. The number of ether oxygens (including phenoxy) is 4. The van der Waals surface area contributed by atoms with Crippen LogP contribution in [-0.2, 0) is 31.8 Å². The number of methoxy groups -OCH3 is 1. The number of esters is 1. The van der Waals surface area contributed by atoms with Gasteiger partial charge in [-0.05, 0) is 56.7 Å². The molecule has 14 heteroatoms. The van der Waals surface area contributed by atoms with E-state index in [1.165, 1.54) is 32.2 Å². The van der Waals surface area contributed by atoms with Crippen molar-refractivity contribution in [3.63, 3.8) is 0 Å². The highest BCUT2D eigenvalue weighted by atomic mass is 19.4. The van der Waals surface area contributed by atoms with Crippen molar-refractivity contribution in [1.82, 2.24) is 20.0 Å². The Hall–Kier alpha value is -5.45. The van der Waals surface area contributed by atoms with Crippen molar-refractivity contribution < 1.29 is 41.7 Å². The van der Waals surface area contributed by atoms with E-state index in [-0.39, 0.29) is 47.2 Å². The summed E-state index contributed by atoms with van der Waals surface area (Å²) < 4.78 is 60.9. The topological polar surface area (TPSA) is 138 Å². The Morgan fingerprint density at radius 1 is 1.00 bits per heavy atom. The third kappa shape index (κ3) is 8.14. The molecule has 0 amide bonds. The molecule has 2 aromatic carbocycles. The predicted molar refractivity (Wildman–Crippen MR) is 152 cm³/mol. The summed E-state index contributed by atoms with van der Waals surface area (Å²) in [4.78, 5) is 30.0. The maximum absolute atomic E-state index is 13.3. The van der Waals surface area contributed by atoms with Crippen LogP contribution in [-0.4, -0.2) is 45.8 Å². The van der Waals surface area contributed by atoms with Gasteiger partial charge in [0.05, 0.1) is 23.8 Å². The zero-order chi connectivity index (χ0) is 32.8. The van der Waals surface area contributed by atoms with Crippen molar-refractivity contribution in [2.24, 2.45) is 5.41 Å². The van der Waals surface area contributed by atoms with Gasteiger partial charge in [-0.3, -0.25) is 9.78 Å². The second-order valence-electron chi connectivity index (χ2n) is 10.4. The van der Waals surface area contributed by atoms with Gasteiger partial charge in [0.1, 0.15) is 30.7 Å². The van der Waals surface area contributed by atoms with Crippen LogP contribution < -0.4 is 4.74 Å². The average molecular weight is 624 g/mol. The van der Waals surface area contributed by atoms with Gasteiger partial charge >= 0.3 is 18.3 Å². The number of nitrogens with zero attached hydrogens (tertiary/aromatic N) is 5. The molecular weight excluding hydrogens is 595 g/mol. The van der Waals surface area contributed by atoms with E-state index in [0.29, 0.717) is 0 Å². The molecule has 0 fully saturated rings. The number of nitriles is 1. The molecule has 2 heterocycles. The summed E-state index contributed by atoms with van der Waals surface area (Å²) in [6.07, 6.45) is -5.81. The van der Waals surface area contributed by atoms with E-state index < -0.39 is 35.5 Å². The summed E-state index contributed by atoms with van der Waals surface area (Å²) in [6.45, 7) is 4.24. The van der Waals surface area contributed by atoms with Crippen LogP contribution in [0.4, 0.5) is 18.0 Å². The lowest BCUT2D eigenvalue weighted by Crippen LogP contribution is -2.33. The number of hydrogen-bond donors (Lipinski definition) is 0. The monoisotopic (exact) mass is 623 g/mol. The Kier molecular flexibility index (Phi) is 9.71. The summed E-state index contributed by atoms with van der Waals surface area (Å²) in [6, 6.07) is 17.2. The number of carbonyl (C=O) groups is 2. The number of benzene rings is 2. The molecule has 4 aromatic rings. The zero-order valence-corrected chi connectivity index (χ0v) is 24.7. The molecule has 0 aliphatic rings. The molecule has 0 saturated carbocycles. The van der Waals surface area contributed by atoms with Gasteiger partial charge in [0.2, 0.25) is 6.23 Å². The van der Waals surface area contributed by atoms with Crippen LogP contribution in [0.2, 0.25) is 0 Å². The summed E-state index contributed by atoms with van der Waals surface area (Å²) in [5.41, 5.74) is -0.790. The van der Waals surface area contributed by atoms with Gasteiger partial charge in [-0.2, -0.15) is 18.4 Å². The van der Waals surface area contributed by atoms with Gasteiger partial charge in [-0.1, -0.05) is 30.3 Å². The molecule has 1 unspecified atom stereocenters. The highest BCUT2D eigenvalue weighted by molar-refractivity contribution is 5.76. The first-order chi connectivity index (χ1) is 21.3. The molecule has 234 valence electrons. The first-order valence-corrected chi connectivity index (χ1v) is 13.5. The lowest BCUT2D eigenvalue weighted by Gasteiger charge is -2.22. The molecule has 0 saturated heterocycles.